The average Bonchev–Trinajstić information content (AvgIpc) is 3.04. The van der Waals surface area contributed by atoms with Gasteiger partial charge in [-0.1, -0.05) is 12.1 Å². The lowest BCUT2D eigenvalue weighted by molar-refractivity contribution is -0.274. The average molecular weight is 722 g/mol. The van der Waals surface area contributed by atoms with Crippen molar-refractivity contribution < 1.29 is 44.3 Å². The lowest BCUT2D eigenvalue weighted by Crippen LogP contribution is -2.58. The normalized spacial score (nSPS) is 18.3. The van der Waals surface area contributed by atoms with Crippen LogP contribution in [0.4, 0.5) is 32.0 Å². The van der Waals surface area contributed by atoms with E-state index in [2.05, 4.69) is 20.4 Å². The van der Waals surface area contributed by atoms with Gasteiger partial charge in [0, 0.05) is 43.4 Å². The molecule has 0 unspecified atom stereocenters. The number of amides is 1. The van der Waals surface area contributed by atoms with Crippen molar-refractivity contribution in [3.8, 4) is 5.75 Å². The van der Waals surface area contributed by atoms with Crippen LogP contribution in [0, 0.1) is 17.5 Å². The van der Waals surface area contributed by atoms with Crippen LogP contribution >= 0.6 is 0 Å². The van der Waals surface area contributed by atoms with Gasteiger partial charge in [-0.05, 0) is 91.1 Å². The molecule has 3 aromatic carbocycles. The number of hydrogen-bond acceptors (Lipinski definition) is 7. The van der Waals surface area contributed by atoms with E-state index in [0.717, 1.165) is 48.5 Å². The molecule has 5 rings (SSSR count). The number of nitrogens with one attached hydrogen (secondary N) is 2. The van der Waals surface area contributed by atoms with Crippen molar-refractivity contribution in [3.63, 3.8) is 0 Å². The quantitative estimate of drug-likeness (QED) is 0.175. The molecule has 4 N–H and O–H groups in total. The first-order chi connectivity index (χ1) is 23.6. The number of halogens is 6. The summed E-state index contributed by atoms with van der Waals surface area (Å²) in [6, 6.07) is 10.9. The molecule has 0 aliphatic carbocycles. The molecule has 4 atom stereocenters. The number of pyridine rings is 1. The van der Waals surface area contributed by atoms with Crippen molar-refractivity contribution in [3.05, 3.63) is 119 Å². The van der Waals surface area contributed by atoms with Gasteiger partial charge in [0.1, 0.15) is 23.2 Å². The summed E-state index contributed by atoms with van der Waals surface area (Å²) in [7, 11) is -4.16. The highest BCUT2D eigenvalue weighted by atomic mass is 32.2. The van der Waals surface area contributed by atoms with Crippen molar-refractivity contribution in [2.75, 3.05) is 18.4 Å². The largest absolute Gasteiger partial charge is 0.573 e. The summed E-state index contributed by atoms with van der Waals surface area (Å²) < 4.78 is 113. The van der Waals surface area contributed by atoms with E-state index in [1.54, 1.807) is 13.0 Å². The highest BCUT2D eigenvalue weighted by molar-refractivity contribution is 7.89. The number of sulfonamides is 1. The Balaban J connectivity index is 1.34. The topological polar surface area (TPSA) is 127 Å². The van der Waals surface area contributed by atoms with Crippen molar-refractivity contribution in [2.24, 2.45) is 5.73 Å². The fourth-order valence-electron chi connectivity index (χ4n) is 6.07. The van der Waals surface area contributed by atoms with Crippen LogP contribution in [0.5, 0.6) is 5.75 Å². The molecule has 1 aliphatic rings. The second kappa shape index (κ2) is 15.2. The molecule has 266 valence electrons. The number of benzene rings is 3. The van der Waals surface area contributed by atoms with Gasteiger partial charge in [-0.15, -0.1) is 13.2 Å². The van der Waals surface area contributed by atoms with E-state index >= 15 is 0 Å². The van der Waals surface area contributed by atoms with E-state index in [1.807, 2.05) is 0 Å². The van der Waals surface area contributed by atoms with Crippen LogP contribution in [0.3, 0.4) is 0 Å². The first kappa shape index (κ1) is 36.8. The number of rotatable bonds is 11. The molecule has 2 heterocycles. The molecule has 4 aromatic rings. The number of nitrogens with two attached hydrogens (primary N) is 1. The molecular weight excluding hydrogens is 688 g/mol. The molecule has 50 heavy (non-hydrogen) atoms. The first-order valence-electron chi connectivity index (χ1n) is 15.4. The summed E-state index contributed by atoms with van der Waals surface area (Å²) in [4.78, 5) is 17.5. The molecule has 1 aliphatic heterocycles. The van der Waals surface area contributed by atoms with Gasteiger partial charge in [0.15, 0.2) is 0 Å². The van der Waals surface area contributed by atoms with Crippen LogP contribution in [0.1, 0.15) is 36.0 Å². The van der Waals surface area contributed by atoms with Gasteiger partial charge in [-0.25, -0.2) is 21.6 Å². The van der Waals surface area contributed by atoms with E-state index in [9.17, 15) is 39.6 Å². The Bertz CT molecular complexity index is 1890. The minimum atomic E-state index is -4.93. The molecule has 9 nitrogen and oxygen atoms in total. The van der Waals surface area contributed by atoms with Crippen molar-refractivity contribution in [1.29, 1.82) is 0 Å². The summed E-state index contributed by atoms with van der Waals surface area (Å²) in [6.45, 7) is 2.32. The monoisotopic (exact) mass is 721 g/mol. The van der Waals surface area contributed by atoms with E-state index in [1.165, 1.54) is 28.8 Å². The lowest BCUT2D eigenvalue weighted by Gasteiger charge is -2.40. The molecule has 16 heteroatoms. The van der Waals surface area contributed by atoms with E-state index in [4.69, 9.17) is 5.73 Å². The van der Waals surface area contributed by atoms with Crippen LogP contribution < -0.4 is 21.1 Å². The molecule has 1 fully saturated rings. The molecule has 1 aromatic heterocycles. The Morgan fingerprint density at radius 2 is 1.64 bits per heavy atom. The molecule has 1 amide bonds. The van der Waals surface area contributed by atoms with Crippen molar-refractivity contribution in [2.45, 2.75) is 55.1 Å². The smallest absolute Gasteiger partial charge is 0.406 e. The third-order valence-electron chi connectivity index (χ3n) is 8.30. The van der Waals surface area contributed by atoms with Gasteiger partial charge in [0.2, 0.25) is 15.9 Å². The van der Waals surface area contributed by atoms with Crippen LogP contribution in [-0.2, 0) is 21.2 Å². The third kappa shape index (κ3) is 8.79. The number of carbonyl (C=O) groups is 1. The Hall–Kier alpha value is -4.51. The van der Waals surface area contributed by atoms with E-state index in [-0.39, 0.29) is 35.5 Å². The van der Waals surface area contributed by atoms with Crippen LogP contribution in [0.2, 0.25) is 0 Å². The molecule has 0 saturated carbocycles. The summed E-state index contributed by atoms with van der Waals surface area (Å²) in [5.41, 5.74) is 7.66. The number of hydrogen-bond donors (Lipinski definition) is 3. The Labute approximate surface area is 284 Å². The number of anilines is 1. The number of piperazine rings is 1. The Morgan fingerprint density at radius 3 is 2.28 bits per heavy atom. The van der Waals surface area contributed by atoms with Crippen LogP contribution in [-0.4, -0.2) is 61.2 Å². The fourth-order valence-corrected chi connectivity index (χ4v) is 7.92. The van der Waals surface area contributed by atoms with E-state index in [0.29, 0.717) is 23.7 Å². The predicted molar refractivity (Wildman–Crippen MR) is 172 cm³/mol. The van der Waals surface area contributed by atoms with Gasteiger partial charge in [0.05, 0.1) is 22.8 Å². The summed E-state index contributed by atoms with van der Waals surface area (Å²) >= 11 is 0. The highest BCUT2D eigenvalue weighted by Crippen LogP contribution is 2.32. The number of ether oxygens (including phenoxy) is 1. The second-order valence-corrected chi connectivity index (χ2v) is 13.7. The van der Waals surface area contributed by atoms with Gasteiger partial charge in [0.25, 0.3) is 0 Å². The molecule has 1 saturated heterocycles. The zero-order valence-electron chi connectivity index (χ0n) is 26.5. The van der Waals surface area contributed by atoms with Crippen molar-refractivity contribution in [1.82, 2.24) is 14.6 Å². The van der Waals surface area contributed by atoms with Gasteiger partial charge in [-0.2, -0.15) is 4.31 Å². The van der Waals surface area contributed by atoms with Gasteiger partial charge in [-0.3, -0.25) is 9.78 Å². The number of carbonyl (C=O) groups excluding carboxylic acids is 1. The predicted octanol–water partition coefficient (Wildman–Crippen LogP) is 5.48. The summed E-state index contributed by atoms with van der Waals surface area (Å²) in [5.74, 6) is -4.68. The zero-order valence-corrected chi connectivity index (χ0v) is 27.3. The van der Waals surface area contributed by atoms with Gasteiger partial charge >= 0.3 is 6.36 Å². The van der Waals surface area contributed by atoms with Crippen LogP contribution in [0.25, 0.3) is 0 Å². The molecule has 0 spiro atoms. The van der Waals surface area contributed by atoms with Crippen LogP contribution in [0.15, 0.2) is 90.1 Å². The molecular formula is C34H33F6N5O4S. The second-order valence-electron chi connectivity index (χ2n) is 11.8. The highest BCUT2D eigenvalue weighted by Gasteiger charge is 2.38. The Morgan fingerprint density at radius 1 is 0.980 bits per heavy atom. The molecule has 0 bridgehead atoms. The van der Waals surface area contributed by atoms with Gasteiger partial charge < -0.3 is 21.1 Å². The lowest BCUT2D eigenvalue weighted by atomic mass is 9.84. The minimum Gasteiger partial charge on any atom is -0.406 e. The maximum atomic E-state index is 14.2. The zero-order chi connectivity index (χ0) is 36.2. The fraction of sp³-hybridized carbons (Fsp3) is 0.294. The molecule has 0 radical (unpaired) electrons. The van der Waals surface area contributed by atoms with E-state index < -0.39 is 69.5 Å². The standard InChI is InChI=1S/C34H33F6N5O4S/c1-20-17-43-18-27(45(20)50(47,48)29-10-8-28(9-11-29)49-34(38,39)40)7-4-21-12-13-42-19-30(21)44-33(46)32(41)31(22-2-5-24(35)6-3-22)23-14-25(36)16-26(37)15-23/h2-3,5-6,8-16,19-20,27,31-32,43H,4,7,17-18,41H2,1H3,(H,44,46)/t20-,27+,31+,32+/m1/s1. The SMILES string of the molecule is C[C@@H]1CNC[C@H](CCc2ccncc2NC(=O)[C@@H](N)[C@@H](c2ccc(F)cc2)c2cc(F)cc(F)c2)N1S(=O)(=O)c1ccc(OC(F)(F)F)cc1. The summed E-state index contributed by atoms with van der Waals surface area (Å²) in [6.07, 6.45) is -1.53. The maximum absolute atomic E-state index is 14.2. The number of aryl methyl sites for hydroxylation is 1. The Kier molecular flexibility index (Phi) is 11.2. The summed E-state index contributed by atoms with van der Waals surface area (Å²) in [5, 5.41) is 5.93. The number of aromatic nitrogens is 1. The maximum Gasteiger partial charge on any atom is 0.573 e. The van der Waals surface area contributed by atoms with Crippen molar-refractivity contribution >= 4 is 21.6 Å². The number of nitrogens with zero attached hydrogens (tertiary/aromatic N) is 2. The minimum absolute atomic E-state index is 0.0610. The first-order valence-corrected chi connectivity index (χ1v) is 16.9. The number of alkyl halides is 3. The third-order valence-corrected chi connectivity index (χ3v) is 10.4.